The summed E-state index contributed by atoms with van der Waals surface area (Å²) >= 11 is 6.25. The molecule has 1 N–H and O–H groups in total. The normalized spacial score (nSPS) is 10.7. The maximum atomic E-state index is 11.9. The van der Waals surface area contributed by atoms with Crippen LogP contribution < -0.4 is 4.74 Å². The molecular formula is C8H6Br2F2O2. The molecule has 0 amide bonds. The molecule has 0 heterocycles. The van der Waals surface area contributed by atoms with Gasteiger partial charge in [0.2, 0.25) is 0 Å². The van der Waals surface area contributed by atoms with Crippen molar-refractivity contribution in [2.75, 3.05) is 0 Å². The van der Waals surface area contributed by atoms with Gasteiger partial charge in [0.15, 0.2) is 0 Å². The van der Waals surface area contributed by atoms with Crippen molar-refractivity contribution in [1.29, 1.82) is 0 Å². The van der Waals surface area contributed by atoms with Gasteiger partial charge in [-0.2, -0.15) is 8.78 Å². The zero-order chi connectivity index (χ0) is 10.7. The summed E-state index contributed by atoms with van der Waals surface area (Å²) in [5.41, 5.74) is 0.475. The minimum Gasteiger partial charge on any atom is -0.434 e. The van der Waals surface area contributed by atoms with Crippen molar-refractivity contribution < 1.29 is 18.6 Å². The molecular weight excluding hydrogens is 326 g/mol. The second-order valence-corrected chi connectivity index (χ2v) is 4.02. The van der Waals surface area contributed by atoms with E-state index in [1.807, 2.05) is 0 Å². The van der Waals surface area contributed by atoms with Crippen LogP contribution in [0.5, 0.6) is 5.75 Å². The van der Waals surface area contributed by atoms with E-state index in [-0.39, 0.29) is 12.4 Å². The van der Waals surface area contributed by atoms with Crippen LogP contribution in [0.15, 0.2) is 21.1 Å². The summed E-state index contributed by atoms with van der Waals surface area (Å²) in [5, 5.41) is 8.95. The Labute approximate surface area is 96.1 Å². The van der Waals surface area contributed by atoms with Crippen molar-refractivity contribution in [2.45, 2.75) is 13.2 Å². The van der Waals surface area contributed by atoms with Crippen molar-refractivity contribution in [3.63, 3.8) is 0 Å². The lowest BCUT2D eigenvalue weighted by Crippen LogP contribution is -2.03. The third kappa shape index (κ3) is 2.65. The highest BCUT2D eigenvalue weighted by molar-refractivity contribution is 9.11. The molecule has 78 valence electrons. The standard InChI is InChI=1S/C8H6Br2F2O2/c9-5-1-2-6(14-8(11)12)7(10)4(5)3-13/h1-2,8,13H,3H2. The molecule has 14 heavy (non-hydrogen) atoms. The molecule has 0 aliphatic rings. The average molecular weight is 332 g/mol. The van der Waals surface area contributed by atoms with Crippen LogP contribution in [-0.4, -0.2) is 11.7 Å². The molecule has 1 aromatic carbocycles. The number of benzene rings is 1. The number of aliphatic hydroxyl groups is 1. The molecule has 1 aromatic rings. The van der Waals surface area contributed by atoms with E-state index in [1.165, 1.54) is 12.1 Å². The first-order valence-electron chi connectivity index (χ1n) is 3.58. The Bertz CT molecular complexity index is 331. The van der Waals surface area contributed by atoms with Crippen molar-refractivity contribution in [3.8, 4) is 5.75 Å². The predicted molar refractivity (Wildman–Crippen MR) is 54.4 cm³/mol. The van der Waals surface area contributed by atoms with Gasteiger partial charge in [-0.3, -0.25) is 0 Å². The third-order valence-electron chi connectivity index (χ3n) is 1.52. The summed E-state index contributed by atoms with van der Waals surface area (Å²) in [6.45, 7) is -3.14. The maximum absolute atomic E-state index is 11.9. The topological polar surface area (TPSA) is 29.5 Å². The molecule has 0 aliphatic carbocycles. The monoisotopic (exact) mass is 330 g/mol. The fraction of sp³-hybridized carbons (Fsp3) is 0.250. The van der Waals surface area contributed by atoms with Crippen molar-refractivity contribution >= 4 is 31.9 Å². The molecule has 1 rings (SSSR count). The van der Waals surface area contributed by atoms with Crippen molar-refractivity contribution in [3.05, 3.63) is 26.6 Å². The van der Waals surface area contributed by atoms with Crippen LogP contribution >= 0.6 is 31.9 Å². The summed E-state index contributed by atoms with van der Waals surface area (Å²) in [5.74, 6) is 0.00671. The molecule has 0 aliphatic heterocycles. The SMILES string of the molecule is OCc1c(Br)ccc(OC(F)F)c1Br. The van der Waals surface area contributed by atoms with Crippen LogP contribution in [0.25, 0.3) is 0 Å². The van der Waals surface area contributed by atoms with E-state index >= 15 is 0 Å². The molecule has 0 unspecified atom stereocenters. The summed E-state index contributed by atoms with van der Waals surface area (Å²) in [7, 11) is 0. The number of ether oxygens (including phenoxy) is 1. The summed E-state index contributed by atoms with van der Waals surface area (Å²) in [6, 6.07) is 2.92. The van der Waals surface area contributed by atoms with E-state index in [0.717, 1.165) is 0 Å². The zero-order valence-electron chi connectivity index (χ0n) is 6.81. The zero-order valence-corrected chi connectivity index (χ0v) is 9.98. The van der Waals surface area contributed by atoms with Gasteiger partial charge in [-0.15, -0.1) is 0 Å². The van der Waals surface area contributed by atoms with Crippen LogP contribution in [-0.2, 0) is 6.61 Å². The third-order valence-corrected chi connectivity index (χ3v) is 3.14. The first-order chi connectivity index (χ1) is 6.56. The largest absolute Gasteiger partial charge is 0.434 e. The lowest BCUT2D eigenvalue weighted by atomic mass is 10.2. The molecule has 2 nitrogen and oxygen atoms in total. The van der Waals surface area contributed by atoms with Gasteiger partial charge in [0.25, 0.3) is 0 Å². The predicted octanol–water partition coefficient (Wildman–Crippen LogP) is 3.31. The van der Waals surface area contributed by atoms with Gasteiger partial charge in [0.1, 0.15) is 5.75 Å². The Balaban J connectivity index is 3.08. The fourth-order valence-electron chi connectivity index (χ4n) is 0.908. The maximum Gasteiger partial charge on any atom is 0.387 e. The Hall–Kier alpha value is -0.200. The molecule has 0 fully saturated rings. The number of halogens is 4. The second kappa shape index (κ2) is 5.04. The van der Waals surface area contributed by atoms with Crippen molar-refractivity contribution in [1.82, 2.24) is 0 Å². The number of alkyl halides is 2. The minimum absolute atomic E-state index is 0.00671. The highest BCUT2D eigenvalue weighted by Gasteiger charge is 2.13. The quantitative estimate of drug-likeness (QED) is 0.920. The molecule has 0 saturated carbocycles. The fourth-order valence-corrected chi connectivity index (χ4v) is 2.19. The molecule has 0 spiro atoms. The lowest BCUT2D eigenvalue weighted by Gasteiger charge is -2.10. The summed E-state index contributed by atoms with van der Waals surface area (Å²) < 4.78 is 29.0. The van der Waals surface area contributed by atoms with E-state index in [4.69, 9.17) is 5.11 Å². The van der Waals surface area contributed by atoms with E-state index in [0.29, 0.717) is 14.5 Å². The minimum atomic E-state index is -2.88. The average Bonchev–Trinajstić information content (AvgIpc) is 2.10. The molecule has 0 radical (unpaired) electrons. The Morgan fingerprint density at radius 2 is 2.00 bits per heavy atom. The molecule has 0 atom stereocenters. The summed E-state index contributed by atoms with van der Waals surface area (Å²) in [4.78, 5) is 0. The first kappa shape index (κ1) is 11.9. The van der Waals surface area contributed by atoms with Gasteiger partial charge in [0.05, 0.1) is 11.1 Å². The Morgan fingerprint density at radius 3 is 2.50 bits per heavy atom. The van der Waals surface area contributed by atoms with Gasteiger partial charge >= 0.3 is 6.61 Å². The molecule has 0 bridgehead atoms. The Morgan fingerprint density at radius 1 is 1.36 bits per heavy atom. The summed E-state index contributed by atoms with van der Waals surface area (Å²) in [6.07, 6.45) is 0. The number of hydrogen-bond donors (Lipinski definition) is 1. The van der Waals surface area contributed by atoms with E-state index < -0.39 is 6.61 Å². The number of rotatable bonds is 3. The van der Waals surface area contributed by atoms with E-state index in [9.17, 15) is 8.78 Å². The highest BCUT2D eigenvalue weighted by Crippen LogP contribution is 2.34. The van der Waals surface area contributed by atoms with Crippen LogP contribution in [0.4, 0.5) is 8.78 Å². The van der Waals surface area contributed by atoms with E-state index in [1.54, 1.807) is 0 Å². The van der Waals surface area contributed by atoms with Crippen LogP contribution in [0.2, 0.25) is 0 Å². The van der Waals surface area contributed by atoms with Gasteiger partial charge in [-0.1, -0.05) is 15.9 Å². The molecule has 0 saturated heterocycles. The number of hydrogen-bond acceptors (Lipinski definition) is 2. The molecule has 0 aromatic heterocycles. The second-order valence-electron chi connectivity index (χ2n) is 2.37. The van der Waals surface area contributed by atoms with Crippen molar-refractivity contribution in [2.24, 2.45) is 0 Å². The van der Waals surface area contributed by atoms with E-state index in [2.05, 4.69) is 36.6 Å². The van der Waals surface area contributed by atoms with Crippen LogP contribution in [0.1, 0.15) is 5.56 Å². The van der Waals surface area contributed by atoms with Gasteiger partial charge in [0, 0.05) is 10.0 Å². The number of aliphatic hydroxyl groups excluding tert-OH is 1. The molecule has 6 heteroatoms. The van der Waals surface area contributed by atoms with Gasteiger partial charge in [-0.25, -0.2) is 0 Å². The van der Waals surface area contributed by atoms with Gasteiger partial charge < -0.3 is 9.84 Å². The smallest absolute Gasteiger partial charge is 0.387 e. The van der Waals surface area contributed by atoms with Gasteiger partial charge in [-0.05, 0) is 28.1 Å². The highest BCUT2D eigenvalue weighted by atomic mass is 79.9. The van der Waals surface area contributed by atoms with Crippen LogP contribution in [0, 0.1) is 0 Å². The van der Waals surface area contributed by atoms with Crippen LogP contribution in [0.3, 0.4) is 0 Å². The lowest BCUT2D eigenvalue weighted by molar-refractivity contribution is -0.0504. The Kier molecular flexibility index (Phi) is 4.28. The first-order valence-corrected chi connectivity index (χ1v) is 5.17.